The Balaban J connectivity index is 1.38. The van der Waals surface area contributed by atoms with Gasteiger partial charge in [0.2, 0.25) is 0 Å². The molecule has 0 saturated carbocycles. The second-order valence-electron chi connectivity index (χ2n) is 9.48. The minimum Gasteiger partial charge on any atom is -0.392 e. The number of nitrogens with zero attached hydrogens (tertiary/aromatic N) is 6. The predicted molar refractivity (Wildman–Crippen MR) is 121 cm³/mol. The van der Waals surface area contributed by atoms with Crippen molar-refractivity contribution in [3.8, 4) is 0 Å². The monoisotopic (exact) mass is 422 g/mol. The molecule has 2 aliphatic heterocycles. The Morgan fingerprint density at radius 1 is 1.10 bits per heavy atom. The van der Waals surface area contributed by atoms with E-state index in [1.807, 2.05) is 19.2 Å². The Hall–Kier alpha value is -2.09. The number of fused-ring (bicyclic) bond motifs is 1. The summed E-state index contributed by atoms with van der Waals surface area (Å²) in [6, 6.07) is 6.72. The van der Waals surface area contributed by atoms with Crippen LogP contribution < -0.4 is 4.90 Å². The Morgan fingerprint density at radius 3 is 2.77 bits per heavy atom. The zero-order chi connectivity index (χ0) is 21.4. The van der Waals surface area contributed by atoms with E-state index < -0.39 is 0 Å². The number of aromatic nitrogens is 3. The van der Waals surface area contributed by atoms with E-state index >= 15 is 0 Å². The number of rotatable bonds is 3. The number of pyridine rings is 1. The maximum atomic E-state index is 10.8. The second kappa shape index (κ2) is 8.81. The third kappa shape index (κ3) is 4.45. The fraction of sp³-hybridized carbons (Fsp3) is 0.625. The van der Waals surface area contributed by atoms with Crippen LogP contribution in [0.1, 0.15) is 54.0 Å². The van der Waals surface area contributed by atoms with Crippen molar-refractivity contribution in [3.63, 3.8) is 0 Å². The standard InChI is InChI=1S/C24H34N6O/c1-17-26-21(14-23(27-17)29-11-9-28(2)10-12-29)19-13-20(31)16-30(15-19)22-7-3-5-18-6-4-8-25-24(18)22/h4,6,8,14,19-20,22,31H,3,5,7,9-13,15-16H2,1-2H3/t19-,20-,22+/m1/s1. The number of anilines is 1. The molecule has 2 saturated heterocycles. The van der Waals surface area contributed by atoms with Gasteiger partial charge in [-0.25, -0.2) is 9.97 Å². The molecule has 3 aliphatic rings. The maximum Gasteiger partial charge on any atom is 0.132 e. The Morgan fingerprint density at radius 2 is 1.94 bits per heavy atom. The summed E-state index contributed by atoms with van der Waals surface area (Å²) in [4.78, 5) is 21.5. The zero-order valence-corrected chi connectivity index (χ0v) is 18.7. The van der Waals surface area contributed by atoms with Crippen molar-refractivity contribution in [1.29, 1.82) is 0 Å². The summed E-state index contributed by atoms with van der Waals surface area (Å²) in [5.74, 6) is 2.07. The molecule has 0 aromatic carbocycles. The lowest BCUT2D eigenvalue weighted by Gasteiger charge is -2.42. The molecular formula is C24H34N6O. The molecule has 5 rings (SSSR count). The van der Waals surface area contributed by atoms with Crippen LogP contribution in [0.3, 0.4) is 0 Å². The van der Waals surface area contributed by atoms with Crippen LogP contribution in [0.5, 0.6) is 0 Å². The van der Waals surface area contributed by atoms with Crippen LogP contribution in [0.2, 0.25) is 0 Å². The highest BCUT2D eigenvalue weighted by molar-refractivity contribution is 5.41. The fourth-order valence-electron chi connectivity index (χ4n) is 5.50. The molecule has 4 heterocycles. The van der Waals surface area contributed by atoms with Crippen LogP contribution in [0.25, 0.3) is 0 Å². The SMILES string of the molecule is Cc1nc([C@@H]2C[C@@H](O)CN([C@H]3CCCc4cccnc43)C2)cc(N2CCN(C)CC2)n1. The van der Waals surface area contributed by atoms with Gasteiger partial charge >= 0.3 is 0 Å². The van der Waals surface area contributed by atoms with Crippen LogP contribution in [-0.4, -0.2) is 82.3 Å². The molecule has 0 spiro atoms. The summed E-state index contributed by atoms with van der Waals surface area (Å²) >= 11 is 0. The van der Waals surface area contributed by atoms with Gasteiger partial charge in [0.25, 0.3) is 0 Å². The van der Waals surface area contributed by atoms with Crippen molar-refractivity contribution in [2.24, 2.45) is 0 Å². The lowest BCUT2D eigenvalue weighted by atomic mass is 9.86. The average Bonchev–Trinajstić information content (AvgIpc) is 2.78. The molecule has 0 radical (unpaired) electrons. The van der Waals surface area contributed by atoms with Gasteiger partial charge in [0.05, 0.1) is 23.5 Å². The molecule has 2 aromatic rings. The normalized spacial score (nSPS) is 27.8. The summed E-state index contributed by atoms with van der Waals surface area (Å²) in [5, 5.41) is 10.8. The van der Waals surface area contributed by atoms with Crippen LogP contribution in [-0.2, 0) is 6.42 Å². The lowest BCUT2D eigenvalue weighted by molar-refractivity contribution is 0.0284. The number of aliphatic hydroxyl groups is 1. The molecule has 3 atom stereocenters. The van der Waals surface area contributed by atoms with Crippen molar-refractivity contribution < 1.29 is 5.11 Å². The van der Waals surface area contributed by atoms with Gasteiger partial charge in [-0.05, 0) is 51.3 Å². The average molecular weight is 423 g/mol. The minimum absolute atomic E-state index is 0.214. The molecule has 0 amide bonds. The Kier molecular flexibility index (Phi) is 5.91. The maximum absolute atomic E-state index is 10.8. The van der Waals surface area contributed by atoms with Crippen LogP contribution in [0.15, 0.2) is 24.4 Å². The molecule has 1 aliphatic carbocycles. The van der Waals surface area contributed by atoms with E-state index in [9.17, 15) is 5.11 Å². The number of hydrogen-bond acceptors (Lipinski definition) is 7. The van der Waals surface area contributed by atoms with E-state index in [2.05, 4.69) is 33.9 Å². The second-order valence-corrected chi connectivity index (χ2v) is 9.48. The van der Waals surface area contributed by atoms with Gasteiger partial charge in [-0.2, -0.15) is 0 Å². The summed E-state index contributed by atoms with van der Waals surface area (Å²) < 4.78 is 0. The van der Waals surface area contributed by atoms with Crippen molar-refractivity contribution in [1.82, 2.24) is 24.8 Å². The molecule has 2 aromatic heterocycles. The molecule has 0 unspecified atom stereocenters. The number of likely N-dealkylation sites (N-methyl/N-ethyl adjacent to an activating group) is 1. The van der Waals surface area contributed by atoms with Gasteiger partial charge in [0.15, 0.2) is 0 Å². The van der Waals surface area contributed by atoms with Crippen molar-refractivity contribution in [2.45, 2.75) is 50.7 Å². The van der Waals surface area contributed by atoms with Gasteiger partial charge in [0.1, 0.15) is 11.6 Å². The Labute approximate surface area is 185 Å². The first-order valence-corrected chi connectivity index (χ1v) is 11.7. The minimum atomic E-state index is -0.338. The molecular weight excluding hydrogens is 388 g/mol. The van der Waals surface area contributed by atoms with Gasteiger partial charge in [-0.1, -0.05) is 6.07 Å². The van der Waals surface area contributed by atoms with Gasteiger partial charge in [-0.3, -0.25) is 9.88 Å². The highest BCUT2D eigenvalue weighted by Gasteiger charge is 2.35. The van der Waals surface area contributed by atoms with E-state index in [4.69, 9.17) is 15.0 Å². The summed E-state index contributed by atoms with van der Waals surface area (Å²) in [7, 11) is 2.17. The first-order valence-electron chi connectivity index (χ1n) is 11.7. The van der Waals surface area contributed by atoms with Crippen molar-refractivity contribution >= 4 is 5.82 Å². The van der Waals surface area contributed by atoms with Crippen LogP contribution in [0.4, 0.5) is 5.82 Å². The van der Waals surface area contributed by atoms with Gasteiger partial charge in [-0.15, -0.1) is 0 Å². The zero-order valence-electron chi connectivity index (χ0n) is 18.7. The number of hydrogen-bond donors (Lipinski definition) is 1. The largest absolute Gasteiger partial charge is 0.392 e. The van der Waals surface area contributed by atoms with E-state index in [1.165, 1.54) is 17.7 Å². The van der Waals surface area contributed by atoms with E-state index in [0.29, 0.717) is 12.6 Å². The number of aliphatic hydroxyl groups excluding tert-OH is 1. The van der Waals surface area contributed by atoms with Crippen LogP contribution >= 0.6 is 0 Å². The fourth-order valence-corrected chi connectivity index (χ4v) is 5.50. The van der Waals surface area contributed by atoms with E-state index in [0.717, 1.165) is 69.3 Å². The summed E-state index contributed by atoms with van der Waals surface area (Å²) in [6.07, 6.45) is 5.73. The topological polar surface area (TPSA) is 68.6 Å². The van der Waals surface area contributed by atoms with Gasteiger partial charge < -0.3 is 14.9 Å². The molecule has 166 valence electrons. The quantitative estimate of drug-likeness (QED) is 0.813. The first kappa shape index (κ1) is 20.8. The third-order valence-electron chi connectivity index (χ3n) is 7.15. The predicted octanol–water partition coefficient (Wildman–Crippen LogP) is 2.16. The molecule has 0 bridgehead atoms. The summed E-state index contributed by atoms with van der Waals surface area (Å²) in [5.41, 5.74) is 3.64. The molecule has 2 fully saturated rings. The third-order valence-corrected chi connectivity index (χ3v) is 7.15. The number of piperazine rings is 1. The number of likely N-dealkylation sites (tertiary alicyclic amines) is 1. The highest BCUT2D eigenvalue weighted by Crippen LogP contribution is 2.37. The molecule has 7 nitrogen and oxygen atoms in total. The smallest absolute Gasteiger partial charge is 0.132 e. The molecule has 1 N–H and O–H groups in total. The molecule has 31 heavy (non-hydrogen) atoms. The number of β-amino-alcohol motifs (C(OH)–C–C–N with tert-alkyl or cyclic N) is 1. The van der Waals surface area contributed by atoms with E-state index in [-0.39, 0.29) is 12.0 Å². The number of aryl methyl sites for hydroxylation is 2. The lowest BCUT2D eigenvalue weighted by Crippen LogP contribution is -2.46. The number of piperidine rings is 1. The van der Waals surface area contributed by atoms with Crippen LogP contribution in [0, 0.1) is 6.92 Å². The van der Waals surface area contributed by atoms with E-state index in [1.54, 1.807) is 0 Å². The molecule has 7 heteroatoms. The highest BCUT2D eigenvalue weighted by atomic mass is 16.3. The summed E-state index contributed by atoms with van der Waals surface area (Å²) in [6.45, 7) is 7.72. The first-order chi connectivity index (χ1) is 15.1. The van der Waals surface area contributed by atoms with Crippen molar-refractivity contribution in [3.05, 3.63) is 47.2 Å². The van der Waals surface area contributed by atoms with Gasteiger partial charge in [0, 0.05) is 57.4 Å². The van der Waals surface area contributed by atoms with Crippen molar-refractivity contribution in [2.75, 3.05) is 51.2 Å². The Bertz CT molecular complexity index is 913.